The van der Waals surface area contributed by atoms with E-state index in [1.807, 2.05) is 35.2 Å². The van der Waals surface area contributed by atoms with Crippen LogP contribution in [0.3, 0.4) is 0 Å². The zero-order chi connectivity index (χ0) is 20.5. The Bertz CT molecular complexity index is 1200. The van der Waals surface area contributed by atoms with E-state index >= 15 is 0 Å². The number of carbonyl (C=O) groups excluding carboxylic acids is 1. The summed E-state index contributed by atoms with van der Waals surface area (Å²) in [5.74, 6) is 1.01. The Morgan fingerprint density at radius 3 is 3.03 bits per heavy atom. The number of para-hydroxylation sites is 1. The summed E-state index contributed by atoms with van der Waals surface area (Å²) in [6.07, 6.45) is 3.97. The summed E-state index contributed by atoms with van der Waals surface area (Å²) in [5.41, 5.74) is 2.14. The number of hydrogen-bond acceptors (Lipinski definition) is 4. The first-order valence-electron chi connectivity index (χ1n) is 10.1. The summed E-state index contributed by atoms with van der Waals surface area (Å²) < 4.78 is 19.4. The largest absolute Gasteiger partial charge is 0.445 e. The van der Waals surface area contributed by atoms with Crippen LogP contribution in [-0.4, -0.2) is 39.1 Å². The maximum absolute atomic E-state index is 13.4. The zero-order valence-electron chi connectivity index (χ0n) is 16.3. The normalized spacial score (nSPS) is 16.8. The van der Waals surface area contributed by atoms with Gasteiger partial charge in [0.15, 0.2) is 11.6 Å². The van der Waals surface area contributed by atoms with Crippen LogP contribution in [0.1, 0.15) is 46.5 Å². The third-order valence-electron chi connectivity index (χ3n) is 5.57. The van der Waals surface area contributed by atoms with Crippen molar-refractivity contribution >= 4 is 16.8 Å². The lowest BCUT2D eigenvalue weighted by atomic mass is 9.97. The molecule has 0 spiro atoms. The number of piperidine rings is 1. The Morgan fingerprint density at radius 1 is 1.23 bits per heavy atom. The fourth-order valence-corrected chi connectivity index (χ4v) is 4.08. The van der Waals surface area contributed by atoms with E-state index in [0.717, 1.165) is 29.3 Å². The number of fused-ring (bicyclic) bond motifs is 1. The van der Waals surface area contributed by atoms with Crippen LogP contribution in [0.15, 0.2) is 59.1 Å². The Labute approximate surface area is 172 Å². The number of benzene rings is 2. The van der Waals surface area contributed by atoms with E-state index in [1.165, 1.54) is 12.1 Å². The van der Waals surface area contributed by atoms with E-state index in [2.05, 4.69) is 15.2 Å². The minimum atomic E-state index is -0.264. The number of halogens is 1. The van der Waals surface area contributed by atoms with Crippen LogP contribution < -0.4 is 0 Å². The Hall–Kier alpha value is -3.48. The van der Waals surface area contributed by atoms with E-state index in [0.29, 0.717) is 36.9 Å². The molecule has 1 atom stereocenters. The molecule has 7 heteroatoms. The topological polar surface area (TPSA) is 75.0 Å². The molecule has 152 valence electrons. The van der Waals surface area contributed by atoms with Gasteiger partial charge in [-0.2, -0.15) is 5.10 Å². The number of nitrogens with one attached hydrogen (secondary N) is 1. The van der Waals surface area contributed by atoms with Crippen LogP contribution >= 0.6 is 0 Å². The highest BCUT2D eigenvalue weighted by molar-refractivity contribution is 6.04. The van der Waals surface area contributed by atoms with Crippen LogP contribution in [-0.2, 0) is 6.42 Å². The van der Waals surface area contributed by atoms with E-state index < -0.39 is 0 Å². The number of oxazole rings is 1. The molecule has 0 saturated carbocycles. The molecular weight excluding hydrogens is 383 g/mol. The summed E-state index contributed by atoms with van der Waals surface area (Å²) in [5, 5.41) is 8.00. The predicted molar refractivity (Wildman–Crippen MR) is 110 cm³/mol. The van der Waals surface area contributed by atoms with Crippen molar-refractivity contribution in [1.82, 2.24) is 20.1 Å². The van der Waals surface area contributed by atoms with Gasteiger partial charge in [0.05, 0.1) is 17.6 Å². The summed E-state index contributed by atoms with van der Waals surface area (Å²) in [4.78, 5) is 19.4. The second-order valence-electron chi connectivity index (χ2n) is 7.68. The SMILES string of the molecule is O=C(c1n[nH]c2ccccc12)N1CCC[C@H](c2ncc(Cc3cccc(F)c3)o2)C1. The van der Waals surface area contributed by atoms with Crippen LogP contribution in [0.4, 0.5) is 4.39 Å². The number of amides is 1. The Morgan fingerprint density at radius 2 is 2.13 bits per heavy atom. The van der Waals surface area contributed by atoms with Gasteiger partial charge in [0.25, 0.3) is 5.91 Å². The number of aromatic amines is 1. The van der Waals surface area contributed by atoms with Crippen molar-refractivity contribution in [2.45, 2.75) is 25.2 Å². The van der Waals surface area contributed by atoms with Crippen molar-refractivity contribution in [2.75, 3.05) is 13.1 Å². The number of H-pyrrole nitrogens is 1. The fraction of sp³-hybridized carbons (Fsp3) is 0.261. The summed E-state index contributed by atoms with van der Waals surface area (Å²) in [7, 11) is 0. The van der Waals surface area contributed by atoms with Gasteiger partial charge in [-0.05, 0) is 36.6 Å². The van der Waals surface area contributed by atoms with Crippen LogP contribution in [0.2, 0.25) is 0 Å². The van der Waals surface area contributed by atoms with Gasteiger partial charge >= 0.3 is 0 Å². The first-order valence-corrected chi connectivity index (χ1v) is 10.1. The highest BCUT2D eigenvalue weighted by atomic mass is 19.1. The number of aromatic nitrogens is 3. The molecule has 0 unspecified atom stereocenters. The van der Waals surface area contributed by atoms with E-state index in [-0.39, 0.29) is 17.6 Å². The molecule has 1 aliphatic heterocycles. The van der Waals surface area contributed by atoms with E-state index in [1.54, 1.807) is 12.3 Å². The number of hydrogen-bond donors (Lipinski definition) is 1. The third-order valence-corrected chi connectivity index (χ3v) is 5.57. The van der Waals surface area contributed by atoms with Gasteiger partial charge < -0.3 is 9.32 Å². The highest BCUT2D eigenvalue weighted by Crippen LogP contribution is 2.29. The molecule has 2 aromatic heterocycles. The zero-order valence-corrected chi connectivity index (χ0v) is 16.3. The van der Waals surface area contributed by atoms with Crippen molar-refractivity contribution in [1.29, 1.82) is 0 Å². The monoisotopic (exact) mass is 404 g/mol. The molecule has 5 rings (SSSR count). The van der Waals surface area contributed by atoms with Crippen molar-refractivity contribution in [3.63, 3.8) is 0 Å². The average molecular weight is 404 g/mol. The number of rotatable bonds is 4. The lowest BCUT2D eigenvalue weighted by Crippen LogP contribution is -2.39. The van der Waals surface area contributed by atoms with Gasteiger partial charge in [-0.15, -0.1) is 0 Å². The lowest BCUT2D eigenvalue weighted by Gasteiger charge is -2.30. The van der Waals surface area contributed by atoms with Crippen LogP contribution in [0.25, 0.3) is 10.9 Å². The van der Waals surface area contributed by atoms with Gasteiger partial charge in [-0.3, -0.25) is 9.89 Å². The summed E-state index contributed by atoms with van der Waals surface area (Å²) >= 11 is 0. The first-order chi connectivity index (χ1) is 14.7. The van der Waals surface area contributed by atoms with Gasteiger partial charge in [0.1, 0.15) is 11.6 Å². The van der Waals surface area contributed by atoms with Crippen LogP contribution in [0, 0.1) is 5.82 Å². The molecule has 2 aromatic carbocycles. The van der Waals surface area contributed by atoms with Gasteiger partial charge in [-0.25, -0.2) is 9.37 Å². The molecule has 1 N–H and O–H groups in total. The minimum absolute atomic E-state index is 0.0363. The fourth-order valence-electron chi connectivity index (χ4n) is 4.08. The molecule has 3 heterocycles. The molecule has 4 aromatic rings. The van der Waals surface area contributed by atoms with Crippen molar-refractivity contribution < 1.29 is 13.6 Å². The summed E-state index contributed by atoms with van der Waals surface area (Å²) in [6, 6.07) is 14.1. The minimum Gasteiger partial charge on any atom is -0.445 e. The maximum Gasteiger partial charge on any atom is 0.275 e. The average Bonchev–Trinajstić information content (AvgIpc) is 3.41. The lowest BCUT2D eigenvalue weighted by molar-refractivity contribution is 0.0694. The third kappa shape index (κ3) is 3.58. The number of nitrogens with zero attached hydrogens (tertiary/aromatic N) is 3. The molecule has 1 aliphatic rings. The smallest absolute Gasteiger partial charge is 0.275 e. The number of likely N-dealkylation sites (tertiary alicyclic amines) is 1. The molecule has 30 heavy (non-hydrogen) atoms. The second-order valence-corrected chi connectivity index (χ2v) is 7.68. The molecule has 6 nitrogen and oxygen atoms in total. The van der Waals surface area contributed by atoms with Crippen LogP contribution in [0.5, 0.6) is 0 Å². The second kappa shape index (κ2) is 7.74. The molecule has 0 radical (unpaired) electrons. The van der Waals surface area contributed by atoms with Crippen molar-refractivity contribution in [3.8, 4) is 0 Å². The quantitative estimate of drug-likeness (QED) is 0.550. The molecule has 1 saturated heterocycles. The van der Waals surface area contributed by atoms with Crippen molar-refractivity contribution in [3.05, 3.63) is 83.5 Å². The predicted octanol–water partition coefficient (Wildman–Crippen LogP) is 4.30. The van der Waals surface area contributed by atoms with E-state index in [4.69, 9.17) is 4.42 Å². The number of carbonyl (C=O) groups is 1. The standard InChI is InChI=1S/C23H21FN4O2/c24-17-7-3-5-15(11-17)12-18-13-25-22(30-18)16-6-4-10-28(14-16)23(29)21-19-8-1-2-9-20(19)26-27-21/h1-3,5,7-9,11,13,16H,4,6,10,12,14H2,(H,26,27)/t16-/m0/s1. The summed E-state index contributed by atoms with van der Waals surface area (Å²) in [6.45, 7) is 1.23. The van der Waals surface area contributed by atoms with Gasteiger partial charge in [0, 0.05) is 24.9 Å². The first kappa shape index (κ1) is 18.5. The maximum atomic E-state index is 13.4. The van der Waals surface area contributed by atoms with E-state index in [9.17, 15) is 9.18 Å². The van der Waals surface area contributed by atoms with Crippen molar-refractivity contribution in [2.24, 2.45) is 0 Å². The van der Waals surface area contributed by atoms with Gasteiger partial charge in [-0.1, -0.05) is 30.3 Å². The molecule has 1 amide bonds. The van der Waals surface area contributed by atoms with Gasteiger partial charge in [0.2, 0.25) is 0 Å². The Kier molecular flexibility index (Phi) is 4.78. The highest BCUT2D eigenvalue weighted by Gasteiger charge is 2.30. The molecule has 1 fully saturated rings. The molecular formula is C23H21FN4O2. The molecule has 0 aliphatic carbocycles. The Balaban J connectivity index is 1.31. The molecule has 0 bridgehead atoms.